The van der Waals surface area contributed by atoms with Gasteiger partial charge < -0.3 is 19.7 Å². The molecule has 1 aromatic heterocycles. The molecule has 0 spiro atoms. The fourth-order valence-corrected chi connectivity index (χ4v) is 1.85. The Morgan fingerprint density at radius 1 is 1.29 bits per heavy atom. The van der Waals surface area contributed by atoms with Gasteiger partial charge in [-0.15, -0.1) is 0 Å². The van der Waals surface area contributed by atoms with E-state index in [1.807, 2.05) is 19.1 Å². The van der Waals surface area contributed by atoms with Crippen LogP contribution in [0, 0.1) is 0 Å². The van der Waals surface area contributed by atoms with E-state index in [2.05, 4.69) is 32.1 Å². The Labute approximate surface area is 125 Å². The van der Waals surface area contributed by atoms with Crippen molar-refractivity contribution >= 4 is 11.9 Å². The fourth-order valence-electron chi connectivity index (χ4n) is 1.85. The number of rotatable bonds is 7. The fraction of sp³-hybridized carbons (Fsp3) is 0.643. The maximum absolute atomic E-state index is 5.55. The van der Waals surface area contributed by atoms with Crippen LogP contribution < -0.4 is 15.0 Å². The van der Waals surface area contributed by atoms with Crippen molar-refractivity contribution in [2.24, 2.45) is 0 Å². The molecule has 0 unspecified atom stereocenters. The second kappa shape index (κ2) is 8.41. The number of nitrogens with zero attached hydrogens (tertiary/aromatic N) is 4. The van der Waals surface area contributed by atoms with Crippen LogP contribution in [0.4, 0.5) is 11.9 Å². The van der Waals surface area contributed by atoms with Gasteiger partial charge in [0.1, 0.15) is 6.61 Å². The molecule has 0 aliphatic carbocycles. The molecule has 116 valence electrons. The van der Waals surface area contributed by atoms with Crippen LogP contribution in [0.2, 0.25) is 0 Å². The van der Waals surface area contributed by atoms with Crippen LogP contribution in [0.1, 0.15) is 20.3 Å². The number of aromatic nitrogens is 3. The van der Waals surface area contributed by atoms with Gasteiger partial charge in [0.05, 0.1) is 13.2 Å². The predicted molar refractivity (Wildman–Crippen MR) is 81.9 cm³/mol. The van der Waals surface area contributed by atoms with E-state index < -0.39 is 0 Å². The lowest BCUT2D eigenvalue weighted by atomic mass is 10.4. The Hall–Kier alpha value is -1.89. The summed E-state index contributed by atoms with van der Waals surface area (Å²) in [6.45, 7) is 8.27. The van der Waals surface area contributed by atoms with E-state index in [9.17, 15) is 0 Å². The highest BCUT2D eigenvalue weighted by Gasteiger charge is 2.16. The van der Waals surface area contributed by atoms with Gasteiger partial charge in [-0.25, -0.2) is 0 Å². The summed E-state index contributed by atoms with van der Waals surface area (Å²) in [5.41, 5.74) is 0. The number of ether oxygens (including phenoxy) is 2. The molecule has 1 fully saturated rings. The van der Waals surface area contributed by atoms with Crippen molar-refractivity contribution in [3.63, 3.8) is 0 Å². The molecule has 0 bridgehead atoms. The molecule has 2 rings (SSSR count). The standard InChI is InChI=1S/C14H23N5O2/c1-3-5-9-21-14-17-12(15-6-4-2)16-13(18-14)19-7-10-20-11-8-19/h3,5H,4,6-11H2,1-2H3,(H,15,16,17,18)/b5-3+. The van der Waals surface area contributed by atoms with Crippen LogP contribution in [-0.4, -0.2) is 54.4 Å². The lowest BCUT2D eigenvalue weighted by Crippen LogP contribution is -2.37. The van der Waals surface area contributed by atoms with Crippen molar-refractivity contribution in [1.82, 2.24) is 15.0 Å². The van der Waals surface area contributed by atoms with E-state index in [4.69, 9.17) is 9.47 Å². The van der Waals surface area contributed by atoms with Crippen LogP contribution in [0.5, 0.6) is 6.01 Å². The van der Waals surface area contributed by atoms with Gasteiger partial charge in [0.2, 0.25) is 11.9 Å². The highest BCUT2D eigenvalue weighted by atomic mass is 16.5. The van der Waals surface area contributed by atoms with Crippen molar-refractivity contribution in [2.75, 3.05) is 49.7 Å². The van der Waals surface area contributed by atoms with Gasteiger partial charge in [-0.05, 0) is 13.3 Å². The third kappa shape index (κ3) is 4.86. The molecule has 0 atom stereocenters. The van der Waals surface area contributed by atoms with Crippen molar-refractivity contribution in [3.8, 4) is 6.01 Å². The summed E-state index contributed by atoms with van der Waals surface area (Å²) in [5.74, 6) is 1.20. The predicted octanol–water partition coefficient (Wildman–Crippen LogP) is 1.48. The van der Waals surface area contributed by atoms with Crippen molar-refractivity contribution in [3.05, 3.63) is 12.2 Å². The Morgan fingerprint density at radius 3 is 2.81 bits per heavy atom. The molecule has 21 heavy (non-hydrogen) atoms. The van der Waals surface area contributed by atoms with Gasteiger partial charge in [-0.2, -0.15) is 15.0 Å². The van der Waals surface area contributed by atoms with Crippen molar-refractivity contribution in [2.45, 2.75) is 20.3 Å². The molecule has 1 aliphatic heterocycles. The van der Waals surface area contributed by atoms with Crippen LogP contribution in [0.25, 0.3) is 0 Å². The summed E-state index contributed by atoms with van der Waals surface area (Å²) >= 11 is 0. The highest BCUT2D eigenvalue weighted by molar-refractivity contribution is 5.38. The second-order valence-electron chi connectivity index (χ2n) is 4.65. The first kappa shape index (κ1) is 15.5. The zero-order valence-corrected chi connectivity index (χ0v) is 12.7. The maximum Gasteiger partial charge on any atom is 0.323 e. The molecular weight excluding hydrogens is 270 g/mol. The molecule has 7 heteroatoms. The summed E-state index contributed by atoms with van der Waals surface area (Å²) < 4.78 is 10.9. The third-order valence-electron chi connectivity index (χ3n) is 2.97. The number of hydrogen-bond donors (Lipinski definition) is 1. The molecule has 0 aromatic carbocycles. The molecule has 1 aliphatic rings. The van der Waals surface area contributed by atoms with Gasteiger partial charge >= 0.3 is 6.01 Å². The Morgan fingerprint density at radius 2 is 2.10 bits per heavy atom. The van der Waals surface area contributed by atoms with Gasteiger partial charge in [-0.3, -0.25) is 0 Å². The molecule has 1 saturated heterocycles. The molecule has 0 amide bonds. The minimum Gasteiger partial charge on any atom is -0.459 e. The molecular formula is C14H23N5O2. The van der Waals surface area contributed by atoms with Gasteiger partial charge in [0, 0.05) is 19.6 Å². The zero-order valence-electron chi connectivity index (χ0n) is 12.7. The van der Waals surface area contributed by atoms with E-state index in [0.29, 0.717) is 37.7 Å². The first-order valence-corrected chi connectivity index (χ1v) is 7.40. The lowest BCUT2D eigenvalue weighted by Gasteiger charge is -2.26. The topological polar surface area (TPSA) is 72.4 Å². The molecule has 7 nitrogen and oxygen atoms in total. The smallest absolute Gasteiger partial charge is 0.323 e. The van der Waals surface area contributed by atoms with Crippen molar-refractivity contribution < 1.29 is 9.47 Å². The summed E-state index contributed by atoms with van der Waals surface area (Å²) in [4.78, 5) is 15.2. The Balaban J connectivity index is 2.14. The van der Waals surface area contributed by atoms with Crippen molar-refractivity contribution in [1.29, 1.82) is 0 Å². The Kier molecular flexibility index (Phi) is 6.21. The third-order valence-corrected chi connectivity index (χ3v) is 2.97. The van der Waals surface area contributed by atoms with Crippen LogP contribution in [0.3, 0.4) is 0 Å². The molecule has 1 N–H and O–H groups in total. The normalized spacial score (nSPS) is 15.4. The minimum absolute atomic E-state index is 0.350. The quantitative estimate of drug-likeness (QED) is 0.763. The molecule has 0 radical (unpaired) electrons. The first-order chi connectivity index (χ1) is 10.3. The minimum atomic E-state index is 0.350. The molecule has 1 aromatic rings. The monoisotopic (exact) mass is 293 g/mol. The van der Waals surface area contributed by atoms with Crippen LogP contribution >= 0.6 is 0 Å². The van der Waals surface area contributed by atoms with E-state index in [1.165, 1.54) is 0 Å². The average molecular weight is 293 g/mol. The number of morpholine rings is 1. The van der Waals surface area contributed by atoms with E-state index in [1.54, 1.807) is 0 Å². The SMILES string of the molecule is C/C=C/COc1nc(NCCC)nc(N2CCOCC2)n1. The number of allylic oxidation sites excluding steroid dienone is 1. The van der Waals surface area contributed by atoms with Gasteiger partial charge in [-0.1, -0.05) is 19.1 Å². The number of hydrogen-bond acceptors (Lipinski definition) is 7. The summed E-state index contributed by atoms with van der Waals surface area (Å²) in [7, 11) is 0. The van der Waals surface area contributed by atoms with E-state index >= 15 is 0 Å². The summed E-state index contributed by atoms with van der Waals surface area (Å²) in [6.07, 6.45) is 4.85. The second-order valence-corrected chi connectivity index (χ2v) is 4.65. The zero-order chi connectivity index (χ0) is 14.9. The van der Waals surface area contributed by atoms with E-state index in [-0.39, 0.29) is 0 Å². The molecule has 0 saturated carbocycles. The van der Waals surface area contributed by atoms with Crippen LogP contribution in [0.15, 0.2) is 12.2 Å². The van der Waals surface area contributed by atoms with E-state index in [0.717, 1.165) is 26.1 Å². The first-order valence-electron chi connectivity index (χ1n) is 7.40. The number of anilines is 2. The lowest BCUT2D eigenvalue weighted by molar-refractivity contribution is 0.122. The molecule has 2 heterocycles. The van der Waals surface area contributed by atoms with Gasteiger partial charge in [0.25, 0.3) is 0 Å². The maximum atomic E-state index is 5.55. The highest BCUT2D eigenvalue weighted by Crippen LogP contribution is 2.16. The van der Waals surface area contributed by atoms with Gasteiger partial charge in [0.15, 0.2) is 0 Å². The average Bonchev–Trinajstić information content (AvgIpc) is 2.54. The largest absolute Gasteiger partial charge is 0.459 e. The summed E-state index contributed by atoms with van der Waals surface area (Å²) in [5, 5.41) is 3.19. The summed E-state index contributed by atoms with van der Waals surface area (Å²) in [6, 6.07) is 0.350. The Bertz CT molecular complexity index is 461. The number of nitrogens with one attached hydrogen (secondary N) is 1. The van der Waals surface area contributed by atoms with Crippen LogP contribution in [-0.2, 0) is 4.74 Å².